The number of amides is 2. The summed E-state index contributed by atoms with van der Waals surface area (Å²) in [5.41, 5.74) is -0.416. The van der Waals surface area contributed by atoms with Crippen molar-refractivity contribution in [2.45, 2.75) is 68.7 Å². The quantitative estimate of drug-likeness (QED) is 0.693. The normalized spacial score (nSPS) is 22.5. The number of rotatable bonds is 4. The van der Waals surface area contributed by atoms with Gasteiger partial charge in [-0.1, -0.05) is 0 Å². The minimum Gasteiger partial charge on any atom is -0.467 e. The summed E-state index contributed by atoms with van der Waals surface area (Å²) in [6.07, 6.45) is -2.05. The molecular formula is C21H27F3N4O4. The van der Waals surface area contributed by atoms with Crippen LogP contribution in [-0.2, 0) is 14.9 Å². The van der Waals surface area contributed by atoms with Gasteiger partial charge in [0, 0.05) is 31.4 Å². The van der Waals surface area contributed by atoms with E-state index in [9.17, 15) is 22.8 Å². The number of methoxy groups -OCH3 is 1. The molecule has 176 valence electrons. The maximum Gasteiger partial charge on any atom is 0.425 e. The zero-order valence-corrected chi connectivity index (χ0v) is 18.2. The number of nitrogens with zero attached hydrogens (tertiary/aromatic N) is 4. The Morgan fingerprint density at radius 2 is 1.81 bits per heavy atom. The van der Waals surface area contributed by atoms with Crippen LogP contribution in [0.5, 0.6) is 6.01 Å². The van der Waals surface area contributed by atoms with Crippen molar-refractivity contribution in [1.82, 2.24) is 19.8 Å². The molecule has 3 fully saturated rings. The maximum atomic E-state index is 13.7. The van der Waals surface area contributed by atoms with E-state index in [4.69, 9.17) is 4.74 Å². The van der Waals surface area contributed by atoms with Crippen LogP contribution in [0, 0.1) is 0 Å². The number of likely N-dealkylation sites (tertiary alicyclic amines) is 2. The Balaban J connectivity index is 1.44. The highest BCUT2D eigenvalue weighted by atomic mass is 19.4. The fourth-order valence-electron chi connectivity index (χ4n) is 4.84. The minimum absolute atomic E-state index is 0.0254. The van der Waals surface area contributed by atoms with Gasteiger partial charge in [-0.2, -0.15) is 18.2 Å². The lowest BCUT2D eigenvalue weighted by atomic mass is 9.84. The summed E-state index contributed by atoms with van der Waals surface area (Å²) < 4.78 is 47.8. The van der Waals surface area contributed by atoms with E-state index in [1.165, 1.54) is 12.0 Å². The molecule has 2 aliphatic heterocycles. The largest absolute Gasteiger partial charge is 0.467 e. The first-order valence-corrected chi connectivity index (χ1v) is 10.8. The smallest absolute Gasteiger partial charge is 0.425 e. The summed E-state index contributed by atoms with van der Waals surface area (Å²) in [5.74, 6) is 0.0254. The first-order chi connectivity index (χ1) is 15.1. The number of carbonyl (C=O) groups excluding carboxylic acids is 2. The molecule has 4 rings (SSSR count). The number of piperidine rings is 1. The molecule has 0 bridgehead atoms. The Hall–Kier alpha value is -2.59. The van der Waals surface area contributed by atoms with Crippen molar-refractivity contribution in [3.8, 4) is 6.01 Å². The number of alkyl halides is 3. The summed E-state index contributed by atoms with van der Waals surface area (Å²) in [6, 6.07) is 1.97. The first-order valence-electron chi connectivity index (χ1n) is 10.8. The summed E-state index contributed by atoms with van der Waals surface area (Å²) in [4.78, 5) is 37.5. The predicted octanol–water partition coefficient (Wildman–Crippen LogP) is 3.06. The number of halogens is 3. The molecular weight excluding hydrogens is 429 g/mol. The zero-order valence-electron chi connectivity index (χ0n) is 18.2. The van der Waals surface area contributed by atoms with E-state index < -0.39 is 29.3 Å². The second-order valence-electron chi connectivity index (χ2n) is 8.85. The molecule has 2 amide bonds. The van der Waals surface area contributed by atoms with E-state index in [1.807, 2.05) is 4.90 Å². The molecule has 11 heteroatoms. The van der Waals surface area contributed by atoms with Crippen molar-refractivity contribution in [1.29, 1.82) is 0 Å². The van der Waals surface area contributed by atoms with Gasteiger partial charge < -0.3 is 19.3 Å². The van der Waals surface area contributed by atoms with Crippen LogP contribution in [0.4, 0.5) is 18.0 Å². The molecule has 0 aromatic carbocycles. The van der Waals surface area contributed by atoms with Crippen LogP contribution in [-0.4, -0.2) is 76.3 Å². The number of carbonyl (C=O) groups is 2. The molecule has 1 saturated carbocycles. The van der Waals surface area contributed by atoms with Crippen LogP contribution in [0.1, 0.15) is 51.1 Å². The Kier molecular flexibility index (Phi) is 5.70. The van der Waals surface area contributed by atoms with Crippen molar-refractivity contribution in [2.75, 3.05) is 26.7 Å². The number of hydrogen-bond donors (Lipinski definition) is 0. The summed E-state index contributed by atoms with van der Waals surface area (Å²) >= 11 is 0. The predicted molar refractivity (Wildman–Crippen MR) is 106 cm³/mol. The van der Waals surface area contributed by atoms with Crippen molar-refractivity contribution in [3.63, 3.8) is 0 Å². The van der Waals surface area contributed by atoms with E-state index >= 15 is 0 Å². The van der Waals surface area contributed by atoms with Gasteiger partial charge in [0.05, 0.1) is 18.2 Å². The second kappa shape index (κ2) is 8.08. The number of hydrogen-bond acceptors (Lipinski definition) is 6. The van der Waals surface area contributed by atoms with Gasteiger partial charge in [0.15, 0.2) is 6.10 Å². The van der Waals surface area contributed by atoms with Crippen LogP contribution >= 0.6 is 0 Å². The number of aromatic nitrogens is 2. The van der Waals surface area contributed by atoms with Crippen LogP contribution < -0.4 is 4.74 Å². The van der Waals surface area contributed by atoms with Crippen LogP contribution in [0.3, 0.4) is 0 Å². The van der Waals surface area contributed by atoms with E-state index in [-0.39, 0.29) is 25.0 Å². The maximum absolute atomic E-state index is 13.7. The Morgan fingerprint density at radius 3 is 2.41 bits per heavy atom. The highest BCUT2D eigenvalue weighted by Crippen LogP contribution is 2.52. The zero-order chi connectivity index (χ0) is 23.1. The van der Waals surface area contributed by atoms with Crippen LogP contribution in [0.25, 0.3) is 0 Å². The topological polar surface area (TPSA) is 84.9 Å². The third-order valence-electron chi connectivity index (χ3n) is 7.00. The summed E-state index contributed by atoms with van der Waals surface area (Å²) in [6.45, 7) is 1.94. The van der Waals surface area contributed by atoms with Crippen molar-refractivity contribution >= 4 is 12.0 Å². The minimum atomic E-state index is -4.59. The van der Waals surface area contributed by atoms with E-state index in [0.29, 0.717) is 37.9 Å². The van der Waals surface area contributed by atoms with Crippen LogP contribution in [0.15, 0.2) is 12.3 Å². The molecule has 8 nitrogen and oxygen atoms in total. The van der Waals surface area contributed by atoms with Gasteiger partial charge >= 0.3 is 18.3 Å². The molecule has 1 aliphatic carbocycles. The van der Waals surface area contributed by atoms with Gasteiger partial charge in [0.2, 0.25) is 5.91 Å². The van der Waals surface area contributed by atoms with Gasteiger partial charge in [-0.3, -0.25) is 4.79 Å². The molecule has 1 unspecified atom stereocenters. The SMILES string of the molecule is COc1nccc(C2(C(=O)N3CCCC34CCN(C(=O)OC(C)C(F)(F)F)CC4)CC2)n1. The van der Waals surface area contributed by atoms with Crippen molar-refractivity contribution < 1.29 is 32.2 Å². The first kappa shape index (κ1) is 22.6. The van der Waals surface area contributed by atoms with Gasteiger partial charge in [-0.05, 0) is 51.5 Å². The lowest BCUT2D eigenvalue weighted by Crippen LogP contribution is -2.57. The monoisotopic (exact) mass is 456 g/mol. The standard InChI is InChI=1S/C21H27F3N4O4/c1-14(21(22,23)24)32-18(30)27-12-8-19(9-13-27)5-3-11-28(19)16(29)20(6-7-20)15-4-10-25-17(26-15)31-2/h4,10,14H,3,5-9,11-13H2,1-2H3. The second-order valence-corrected chi connectivity index (χ2v) is 8.85. The molecule has 3 aliphatic rings. The van der Waals surface area contributed by atoms with Crippen molar-refractivity contribution in [3.05, 3.63) is 18.0 Å². The van der Waals surface area contributed by atoms with E-state index in [0.717, 1.165) is 19.8 Å². The fourth-order valence-corrected chi connectivity index (χ4v) is 4.84. The molecule has 1 aromatic heterocycles. The molecule has 2 saturated heterocycles. The third-order valence-corrected chi connectivity index (χ3v) is 7.00. The van der Waals surface area contributed by atoms with Gasteiger partial charge in [0.25, 0.3) is 0 Å². The fraction of sp³-hybridized carbons (Fsp3) is 0.714. The molecule has 3 heterocycles. The lowest BCUT2D eigenvalue weighted by Gasteiger charge is -2.45. The van der Waals surface area contributed by atoms with Crippen molar-refractivity contribution in [2.24, 2.45) is 0 Å². The Morgan fingerprint density at radius 1 is 1.12 bits per heavy atom. The molecule has 0 N–H and O–H groups in total. The summed E-state index contributed by atoms with van der Waals surface area (Å²) in [5, 5.41) is 0. The highest BCUT2D eigenvalue weighted by molar-refractivity contribution is 5.91. The van der Waals surface area contributed by atoms with Gasteiger partial charge in [-0.25, -0.2) is 9.78 Å². The van der Waals surface area contributed by atoms with E-state index in [1.54, 1.807) is 12.3 Å². The average Bonchev–Trinajstić information content (AvgIpc) is 3.49. The average molecular weight is 456 g/mol. The van der Waals surface area contributed by atoms with Crippen LogP contribution in [0.2, 0.25) is 0 Å². The van der Waals surface area contributed by atoms with E-state index in [2.05, 4.69) is 14.7 Å². The molecule has 1 aromatic rings. The highest BCUT2D eigenvalue weighted by Gasteiger charge is 2.58. The van der Waals surface area contributed by atoms with Gasteiger partial charge in [0.1, 0.15) is 0 Å². The lowest BCUT2D eigenvalue weighted by molar-refractivity contribution is -0.200. The Labute approximate surface area is 184 Å². The molecule has 32 heavy (non-hydrogen) atoms. The Bertz CT molecular complexity index is 882. The summed E-state index contributed by atoms with van der Waals surface area (Å²) in [7, 11) is 1.48. The van der Waals surface area contributed by atoms with Gasteiger partial charge in [-0.15, -0.1) is 0 Å². The molecule has 1 spiro atoms. The molecule has 0 radical (unpaired) electrons. The molecule has 1 atom stereocenters. The number of ether oxygens (including phenoxy) is 2. The third kappa shape index (κ3) is 3.97.